The zero-order valence-electron chi connectivity index (χ0n) is 57.4. The van der Waals surface area contributed by atoms with Gasteiger partial charge in [-0.1, -0.05) is 34.1 Å². The number of carbonyl (C=O) groups excluding carboxylic acids is 14. The minimum atomic E-state index is -2.03. The summed E-state index contributed by atoms with van der Waals surface area (Å²) in [4.78, 5) is 209. The number of unbranched alkanes of at least 4 members (excludes halogenated alkanes) is 1. The fourth-order valence-electron chi connectivity index (χ4n) is 9.26. The molecule has 0 spiro atoms. The quantitative estimate of drug-likeness (QED) is 0.0153. The summed E-state index contributed by atoms with van der Waals surface area (Å²) in [6.45, 7) is 7.71. The third-order valence-corrected chi connectivity index (χ3v) is 15.5. The number of hydrogen-bond donors (Lipinski definition) is 24. The summed E-state index contributed by atoms with van der Waals surface area (Å²) < 4.78 is 0. The van der Waals surface area contributed by atoms with Gasteiger partial charge in [-0.05, 0) is 102 Å². The first-order valence-electron chi connectivity index (χ1n) is 32.2. The van der Waals surface area contributed by atoms with Gasteiger partial charge in [0.15, 0.2) is 11.9 Å². The summed E-state index contributed by atoms with van der Waals surface area (Å²) in [5.41, 5.74) is 49.4. The molecule has 0 aromatic rings. The van der Waals surface area contributed by atoms with Crippen molar-refractivity contribution in [3.05, 3.63) is 0 Å². The summed E-state index contributed by atoms with van der Waals surface area (Å²) in [7, 11) is 0. The van der Waals surface area contributed by atoms with Crippen LogP contribution in [0.4, 0.5) is 0 Å². The van der Waals surface area contributed by atoms with Gasteiger partial charge in [-0.25, -0.2) is 4.79 Å². The molecule has 0 saturated carbocycles. The summed E-state index contributed by atoms with van der Waals surface area (Å²) >= 11 is 1.25. The molecule has 100 heavy (non-hydrogen) atoms. The van der Waals surface area contributed by atoms with Gasteiger partial charge < -0.3 is 131 Å². The largest absolute Gasteiger partial charge is 0.480 e. The molecule has 42 heteroatoms. The molecule has 0 saturated heterocycles. The Morgan fingerprint density at radius 3 is 1.13 bits per heavy atom. The molecule has 0 unspecified atom stereocenters. The smallest absolute Gasteiger partial charge is 0.328 e. The molecule has 0 aromatic heterocycles. The Hall–Kier alpha value is -9.26. The predicted octanol–water partition coefficient (Wildman–Crippen LogP) is -10.8. The number of nitrogens with one attached hydrogen (secondary N) is 11. The highest BCUT2D eigenvalue weighted by atomic mass is 32.2. The molecule has 0 aromatic carbocycles. The number of aliphatic hydroxyl groups is 3. The fourth-order valence-corrected chi connectivity index (χ4v) is 9.73. The van der Waals surface area contributed by atoms with Crippen LogP contribution in [0, 0.1) is 11.8 Å². The molecule has 33 N–H and O–H groups in total. The number of primary amides is 3. The van der Waals surface area contributed by atoms with Crippen molar-refractivity contribution < 1.29 is 92.3 Å². The zero-order valence-corrected chi connectivity index (χ0v) is 58.2. The Morgan fingerprint density at radius 1 is 0.420 bits per heavy atom. The van der Waals surface area contributed by atoms with Crippen LogP contribution in [0.3, 0.4) is 0 Å². The van der Waals surface area contributed by atoms with Crippen LogP contribution in [-0.2, 0) is 71.9 Å². The molecular formula is C58H106N22O19S. The lowest BCUT2D eigenvalue weighted by Crippen LogP contribution is -2.63. The first-order chi connectivity index (χ1) is 46.7. The third-order valence-electron chi connectivity index (χ3n) is 14.9. The molecule has 0 fully saturated rings. The Balaban J connectivity index is 7.11. The molecule has 0 heterocycles. The lowest BCUT2D eigenvalue weighted by molar-refractivity contribution is -0.143. The SMILES string of the molecule is CC[C@H](C)[C@H](NC(=O)[C@H](CCCN=C(N)N)NC(=O)[C@@H](N)CC(N)=O)C(=O)N[C@@H](CCCN=C(N)N)C(=O)N[C@H](C(=O)N[C@@H](CC(N)=O)C(=O)N[C@H](C(=O)N[C@@H](CCCCN)C(=O)N[C@@H](CC(C)C)C(=O)N[C@@H](CCSC)C(=O)N[C@@H](CC(N)=O)C(=O)N[C@@H](CO)C(=O)O)[C@@H](C)O)[C@@H](C)O. The van der Waals surface area contributed by atoms with Crippen LogP contribution in [-0.4, -0.2) is 244 Å². The number of hydrogen-bond acceptors (Lipinski definition) is 23. The number of carbonyl (C=O) groups is 15. The zero-order chi connectivity index (χ0) is 76.7. The second-order valence-electron chi connectivity index (χ2n) is 24.0. The molecule has 0 aliphatic rings. The number of rotatable bonds is 51. The van der Waals surface area contributed by atoms with E-state index in [1.54, 1.807) is 34.0 Å². The van der Waals surface area contributed by atoms with Gasteiger partial charge in [0, 0.05) is 13.1 Å². The van der Waals surface area contributed by atoms with Crippen molar-refractivity contribution in [3.8, 4) is 0 Å². The van der Waals surface area contributed by atoms with E-state index in [0.717, 1.165) is 13.8 Å². The number of amides is 14. The Kier molecular flexibility index (Phi) is 43.3. The fraction of sp³-hybridized carbons (Fsp3) is 0.707. The van der Waals surface area contributed by atoms with E-state index in [1.165, 1.54) is 11.8 Å². The first kappa shape index (κ1) is 90.7. The lowest BCUT2D eigenvalue weighted by Gasteiger charge is -2.30. The van der Waals surface area contributed by atoms with Crippen molar-refractivity contribution in [2.24, 2.45) is 73.4 Å². The second kappa shape index (κ2) is 47.7. The van der Waals surface area contributed by atoms with Gasteiger partial charge in [-0.15, -0.1) is 0 Å². The van der Waals surface area contributed by atoms with Gasteiger partial charge in [-0.2, -0.15) is 11.8 Å². The first-order valence-corrected chi connectivity index (χ1v) is 33.6. The summed E-state index contributed by atoms with van der Waals surface area (Å²) in [6.07, 6.45) is -4.31. The summed E-state index contributed by atoms with van der Waals surface area (Å²) in [5, 5.41) is 66.7. The maximum Gasteiger partial charge on any atom is 0.328 e. The summed E-state index contributed by atoms with van der Waals surface area (Å²) in [5.74, 6) is -18.3. The van der Waals surface area contributed by atoms with Crippen molar-refractivity contribution in [3.63, 3.8) is 0 Å². The highest BCUT2D eigenvalue weighted by Crippen LogP contribution is 2.15. The van der Waals surface area contributed by atoms with E-state index in [1.807, 2.05) is 5.32 Å². The van der Waals surface area contributed by atoms with Gasteiger partial charge in [0.2, 0.25) is 82.7 Å². The molecular weight excluding hydrogens is 1340 g/mol. The topological polar surface area (TPSA) is 728 Å². The maximum absolute atomic E-state index is 14.3. The average molecular weight is 1450 g/mol. The van der Waals surface area contributed by atoms with Crippen LogP contribution in [0.5, 0.6) is 0 Å². The Bertz CT molecular complexity index is 2830. The number of aliphatic hydroxyl groups excluding tert-OH is 3. The van der Waals surface area contributed by atoms with Crippen LogP contribution in [0.1, 0.15) is 125 Å². The number of aliphatic imine (C=N–C) groups is 2. The van der Waals surface area contributed by atoms with Gasteiger partial charge in [0.1, 0.15) is 66.5 Å². The number of thioether (sulfide) groups is 1. The number of carboxylic acid groups (broad SMARTS) is 1. The summed E-state index contributed by atoms with van der Waals surface area (Å²) in [6, 6.07) is -20.0. The van der Waals surface area contributed by atoms with Crippen LogP contribution in [0.25, 0.3) is 0 Å². The molecule has 0 aliphatic carbocycles. The van der Waals surface area contributed by atoms with Crippen molar-refractivity contribution in [2.75, 3.05) is 38.2 Å². The molecule has 14 amide bonds. The lowest BCUT2D eigenvalue weighted by atomic mass is 9.96. The molecule has 0 rings (SSSR count). The highest BCUT2D eigenvalue weighted by Gasteiger charge is 2.39. The van der Waals surface area contributed by atoms with E-state index < -0.39 is 205 Å². The van der Waals surface area contributed by atoms with Gasteiger partial charge in [0.25, 0.3) is 0 Å². The monoisotopic (exact) mass is 1450 g/mol. The van der Waals surface area contributed by atoms with Gasteiger partial charge in [-0.3, -0.25) is 77.1 Å². The van der Waals surface area contributed by atoms with E-state index >= 15 is 0 Å². The van der Waals surface area contributed by atoms with Crippen molar-refractivity contribution in [1.82, 2.24) is 58.5 Å². The molecule has 568 valence electrons. The number of aliphatic carboxylic acids is 1. The minimum absolute atomic E-state index is 0.00650. The van der Waals surface area contributed by atoms with Crippen molar-refractivity contribution in [2.45, 2.75) is 210 Å². The predicted molar refractivity (Wildman–Crippen MR) is 363 cm³/mol. The number of carboxylic acids is 1. The average Bonchev–Trinajstić information content (AvgIpc) is 0.854. The van der Waals surface area contributed by atoms with Crippen molar-refractivity contribution >= 4 is 112 Å². The molecule has 0 radical (unpaired) electrons. The normalized spacial score (nSPS) is 15.6. The van der Waals surface area contributed by atoms with Crippen LogP contribution < -0.4 is 110 Å². The molecule has 0 bridgehead atoms. The standard InChI is InChI=1S/C58H106N22O19S/c1-8-27(4)42(78-48(90)32(14-11-18-68-57(64)65)70-45(87)30(60)22-39(61)84)53(95)72-33(15-12-19-69-58(66)67)49(91)79-44(29(6)83)55(97)76-37(24-41(63)86)52(94)80-43(28(5)82)54(96)73-31(13-9-10-17-59)46(88)74-35(21-26(2)3)50(92)71-34(16-20-100-7)47(89)75-36(23-40(62)85)51(93)77-38(25-81)56(98)99/h26-38,42-44,81-83H,8-25,59-60H2,1-7H3,(H2,61,84)(H2,62,85)(H2,63,86)(H,70,87)(H,71,92)(H,72,95)(H,73,96)(H,74,88)(H,75,89)(H,76,97)(H,77,93)(H,78,90)(H,79,91)(H,80,94)(H,98,99)(H4,64,65,68)(H4,66,67,69)/t27-,28+,29+,30-,31-,32-,33-,34-,35-,36-,37-,38-,42-,43-,44-/m0/s1. The van der Waals surface area contributed by atoms with E-state index in [4.69, 9.17) is 51.6 Å². The van der Waals surface area contributed by atoms with E-state index in [0.29, 0.717) is 6.42 Å². The Labute approximate surface area is 582 Å². The number of nitrogens with two attached hydrogens (primary N) is 9. The van der Waals surface area contributed by atoms with Gasteiger partial charge >= 0.3 is 5.97 Å². The van der Waals surface area contributed by atoms with E-state index in [9.17, 15) is 92.3 Å². The van der Waals surface area contributed by atoms with Crippen molar-refractivity contribution in [1.29, 1.82) is 0 Å². The van der Waals surface area contributed by atoms with Crippen LogP contribution in [0.15, 0.2) is 9.98 Å². The van der Waals surface area contributed by atoms with E-state index in [2.05, 4.69) is 63.2 Å². The number of nitrogens with zero attached hydrogens (tertiary/aromatic N) is 2. The van der Waals surface area contributed by atoms with Crippen LogP contribution in [0.2, 0.25) is 0 Å². The highest BCUT2D eigenvalue weighted by molar-refractivity contribution is 7.98. The Morgan fingerprint density at radius 2 is 0.750 bits per heavy atom. The maximum atomic E-state index is 14.3. The van der Waals surface area contributed by atoms with E-state index in [-0.39, 0.29) is 101 Å². The molecule has 41 nitrogen and oxygen atoms in total. The molecule has 0 aliphatic heterocycles. The second-order valence-corrected chi connectivity index (χ2v) is 25.0. The minimum Gasteiger partial charge on any atom is -0.480 e. The van der Waals surface area contributed by atoms with Gasteiger partial charge in [0.05, 0.1) is 44.1 Å². The molecule has 15 atom stereocenters. The van der Waals surface area contributed by atoms with Crippen LogP contribution >= 0.6 is 11.8 Å². The third kappa shape index (κ3) is 36.0. The number of guanidine groups is 2.